The quantitative estimate of drug-likeness (QED) is 0.647. The summed E-state index contributed by atoms with van der Waals surface area (Å²) in [4.78, 5) is 7.91. The van der Waals surface area contributed by atoms with Crippen molar-refractivity contribution in [3.8, 4) is 11.6 Å². The van der Waals surface area contributed by atoms with Crippen LogP contribution in [0.2, 0.25) is 5.02 Å². The first-order valence-electron chi connectivity index (χ1n) is 4.92. The highest BCUT2D eigenvalue weighted by Crippen LogP contribution is 2.29. The second-order valence-corrected chi connectivity index (χ2v) is 3.81. The summed E-state index contributed by atoms with van der Waals surface area (Å²) in [6, 6.07) is 7.14. The summed E-state index contributed by atoms with van der Waals surface area (Å²) in [5.41, 5.74) is 3.40. The number of hydrogen-bond acceptors (Lipinski definition) is 5. The number of aryl methyl sites for hydroxylation is 1. The molecule has 0 unspecified atom stereocenters. The molecule has 0 amide bonds. The molecule has 0 saturated heterocycles. The molecule has 0 fully saturated rings. The molecule has 2 rings (SSSR count). The van der Waals surface area contributed by atoms with E-state index in [9.17, 15) is 0 Å². The van der Waals surface area contributed by atoms with Crippen LogP contribution in [0.4, 0.5) is 5.95 Å². The molecule has 1 aromatic heterocycles. The first-order chi connectivity index (χ1) is 8.19. The number of nitrogens with one attached hydrogen (secondary N) is 1. The molecular weight excluding hydrogens is 240 g/mol. The molecule has 0 radical (unpaired) electrons. The van der Waals surface area contributed by atoms with Crippen molar-refractivity contribution in [3.05, 3.63) is 41.0 Å². The van der Waals surface area contributed by atoms with Gasteiger partial charge in [-0.05, 0) is 24.6 Å². The summed E-state index contributed by atoms with van der Waals surface area (Å²) in [5, 5.41) is 0.525. The number of benzene rings is 1. The number of rotatable bonds is 3. The third-order valence-corrected chi connectivity index (χ3v) is 2.37. The lowest BCUT2D eigenvalue weighted by Gasteiger charge is -2.08. The molecule has 0 aliphatic carbocycles. The minimum atomic E-state index is 0.284. The van der Waals surface area contributed by atoms with E-state index in [1.807, 2.05) is 19.1 Å². The van der Waals surface area contributed by atoms with Crippen LogP contribution in [0.25, 0.3) is 0 Å². The van der Waals surface area contributed by atoms with Gasteiger partial charge in [0.2, 0.25) is 11.8 Å². The zero-order chi connectivity index (χ0) is 12.3. The van der Waals surface area contributed by atoms with E-state index in [0.29, 0.717) is 16.7 Å². The summed E-state index contributed by atoms with van der Waals surface area (Å²) in [6.45, 7) is 1.95. The number of nitrogen functional groups attached to an aromatic ring is 1. The van der Waals surface area contributed by atoms with Gasteiger partial charge in [-0.25, -0.2) is 10.8 Å². The van der Waals surface area contributed by atoms with Gasteiger partial charge in [-0.3, -0.25) is 5.43 Å². The van der Waals surface area contributed by atoms with Crippen LogP contribution >= 0.6 is 11.6 Å². The second-order valence-electron chi connectivity index (χ2n) is 3.40. The summed E-state index contributed by atoms with van der Waals surface area (Å²) in [7, 11) is 0. The zero-order valence-corrected chi connectivity index (χ0v) is 9.90. The monoisotopic (exact) mass is 250 g/mol. The van der Waals surface area contributed by atoms with Crippen LogP contribution in [0, 0.1) is 6.92 Å². The summed E-state index contributed by atoms with van der Waals surface area (Å²) < 4.78 is 5.55. The number of ether oxygens (including phenoxy) is 1. The molecule has 17 heavy (non-hydrogen) atoms. The van der Waals surface area contributed by atoms with Crippen LogP contribution in [-0.2, 0) is 0 Å². The van der Waals surface area contributed by atoms with Gasteiger partial charge >= 0.3 is 0 Å². The predicted molar refractivity (Wildman–Crippen MR) is 66.1 cm³/mol. The van der Waals surface area contributed by atoms with Gasteiger partial charge < -0.3 is 4.74 Å². The van der Waals surface area contributed by atoms with Crippen molar-refractivity contribution < 1.29 is 4.74 Å². The first kappa shape index (κ1) is 11.6. The van der Waals surface area contributed by atoms with Gasteiger partial charge in [-0.1, -0.05) is 17.7 Å². The Labute approximate surface area is 104 Å². The molecule has 1 heterocycles. The Hall–Kier alpha value is -1.85. The molecule has 1 aromatic carbocycles. The molecule has 88 valence electrons. The van der Waals surface area contributed by atoms with E-state index in [0.717, 1.165) is 5.56 Å². The van der Waals surface area contributed by atoms with E-state index in [-0.39, 0.29) is 5.95 Å². The molecular formula is C11H11ClN4O. The molecule has 2 aromatic rings. The van der Waals surface area contributed by atoms with Crippen LogP contribution in [-0.4, -0.2) is 9.97 Å². The average molecular weight is 251 g/mol. The highest BCUT2D eigenvalue weighted by molar-refractivity contribution is 6.32. The van der Waals surface area contributed by atoms with Crippen LogP contribution in [0.1, 0.15) is 5.56 Å². The van der Waals surface area contributed by atoms with Gasteiger partial charge in [0.15, 0.2) is 0 Å². The van der Waals surface area contributed by atoms with Crippen molar-refractivity contribution in [1.82, 2.24) is 9.97 Å². The Kier molecular flexibility index (Phi) is 3.41. The minimum Gasteiger partial charge on any atom is -0.437 e. The van der Waals surface area contributed by atoms with Gasteiger partial charge in [-0.2, -0.15) is 4.98 Å². The fourth-order valence-corrected chi connectivity index (χ4v) is 1.43. The van der Waals surface area contributed by atoms with Crippen molar-refractivity contribution in [1.29, 1.82) is 0 Å². The largest absolute Gasteiger partial charge is 0.437 e. The highest BCUT2D eigenvalue weighted by Gasteiger charge is 2.05. The summed E-state index contributed by atoms with van der Waals surface area (Å²) >= 11 is 6.01. The first-order valence-corrected chi connectivity index (χ1v) is 5.30. The SMILES string of the molecule is Cc1ccc(Cl)c(Oc2ccnc(NN)n2)c1. The topological polar surface area (TPSA) is 73.1 Å². The lowest BCUT2D eigenvalue weighted by Crippen LogP contribution is -2.10. The van der Waals surface area contributed by atoms with Crippen molar-refractivity contribution in [3.63, 3.8) is 0 Å². The molecule has 5 nitrogen and oxygen atoms in total. The van der Waals surface area contributed by atoms with Crippen molar-refractivity contribution in [2.45, 2.75) is 6.92 Å². The van der Waals surface area contributed by atoms with E-state index in [1.165, 1.54) is 0 Å². The predicted octanol–water partition coefficient (Wildman–Crippen LogP) is 2.52. The van der Waals surface area contributed by atoms with Gasteiger partial charge in [0.25, 0.3) is 0 Å². The van der Waals surface area contributed by atoms with E-state index in [1.54, 1.807) is 18.3 Å². The second kappa shape index (κ2) is 4.99. The molecule has 0 saturated carbocycles. The maximum absolute atomic E-state index is 6.01. The van der Waals surface area contributed by atoms with E-state index in [4.69, 9.17) is 22.2 Å². The van der Waals surface area contributed by atoms with E-state index in [2.05, 4.69) is 15.4 Å². The van der Waals surface area contributed by atoms with Crippen LogP contribution in [0.3, 0.4) is 0 Å². The highest BCUT2D eigenvalue weighted by atomic mass is 35.5. The Morgan fingerprint density at radius 2 is 2.18 bits per heavy atom. The molecule has 0 bridgehead atoms. The number of nitrogens with zero attached hydrogens (tertiary/aromatic N) is 2. The van der Waals surface area contributed by atoms with Crippen molar-refractivity contribution in [2.75, 3.05) is 5.43 Å². The lowest BCUT2D eigenvalue weighted by molar-refractivity contribution is 0.462. The Balaban J connectivity index is 2.27. The van der Waals surface area contributed by atoms with Crippen molar-refractivity contribution >= 4 is 17.5 Å². The standard InChI is InChI=1S/C11H11ClN4O/c1-7-2-3-8(12)9(6-7)17-10-4-5-14-11(15-10)16-13/h2-6H,13H2,1H3,(H,14,15,16). The molecule has 0 aliphatic rings. The fraction of sp³-hybridized carbons (Fsp3) is 0.0909. The maximum Gasteiger partial charge on any atom is 0.240 e. The van der Waals surface area contributed by atoms with E-state index >= 15 is 0 Å². The van der Waals surface area contributed by atoms with Gasteiger partial charge in [0.05, 0.1) is 5.02 Å². The number of anilines is 1. The summed E-state index contributed by atoms with van der Waals surface area (Å²) in [6.07, 6.45) is 1.54. The Morgan fingerprint density at radius 3 is 2.94 bits per heavy atom. The normalized spacial score (nSPS) is 10.1. The smallest absolute Gasteiger partial charge is 0.240 e. The molecule has 0 atom stereocenters. The number of nitrogens with two attached hydrogens (primary N) is 1. The third-order valence-electron chi connectivity index (χ3n) is 2.06. The number of hydrazine groups is 1. The molecule has 6 heteroatoms. The van der Waals surface area contributed by atoms with E-state index < -0.39 is 0 Å². The Morgan fingerprint density at radius 1 is 1.35 bits per heavy atom. The average Bonchev–Trinajstić information content (AvgIpc) is 2.34. The number of hydrogen-bond donors (Lipinski definition) is 2. The third kappa shape index (κ3) is 2.83. The molecule has 3 N–H and O–H groups in total. The molecule has 0 aliphatic heterocycles. The number of halogens is 1. The van der Waals surface area contributed by atoms with Crippen LogP contribution in [0.5, 0.6) is 11.6 Å². The molecule has 0 spiro atoms. The zero-order valence-electron chi connectivity index (χ0n) is 9.14. The number of aromatic nitrogens is 2. The van der Waals surface area contributed by atoms with Crippen molar-refractivity contribution in [2.24, 2.45) is 5.84 Å². The van der Waals surface area contributed by atoms with Crippen LogP contribution in [0.15, 0.2) is 30.5 Å². The summed E-state index contributed by atoms with van der Waals surface area (Å²) in [5.74, 6) is 6.42. The minimum absolute atomic E-state index is 0.284. The van der Waals surface area contributed by atoms with Gasteiger partial charge in [0, 0.05) is 12.3 Å². The van der Waals surface area contributed by atoms with Gasteiger partial charge in [0.1, 0.15) is 5.75 Å². The Bertz CT molecular complexity index is 533. The maximum atomic E-state index is 6.01. The van der Waals surface area contributed by atoms with Gasteiger partial charge in [-0.15, -0.1) is 0 Å². The lowest BCUT2D eigenvalue weighted by atomic mass is 10.2. The fourth-order valence-electron chi connectivity index (χ4n) is 1.27. The van der Waals surface area contributed by atoms with Crippen LogP contribution < -0.4 is 16.0 Å².